The molecule has 3 N–H and O–H groups in total. The Bertz CT molecular complexity index is 508. The van der Waals surface area contributed by atoms with Crippen molar-refractivity contribution in [3.63, 3.8) is 0 Å². The number of sulfonamides is 1. The first-order valence-corrected chi connectivity index (χ1v) is 8.43. The van der Waals surface area contributed by atoms with Gasteiger partial charge in [0.1, 0.15) is 0 Å². The summed E-state index contributed by atoms with van der Waals surface area (Å²) in [4.78, 5) is 0. The smallest absolute Gasteiger partial charge is 0.214 e. The van der Waals surface area contributed by atoms with Gasteiger partial charge in [0.15, 0.2) is 0 Å². The first-order valence-electron chi connectivity index (χ1n) is 6.89. The third-order valence-corrected chi connectivity index (χ3v) is 5.69. The van der Waals surface area contributed by atoms with E-state index in [2.05, 4.69) is 4.72 Å². The molecule has 0 spiro atoms. The summed E-state index contributed by atoms with van der Waals surface area (Å²) >= 11 is 0. The second kappa shape index (κ2) is 6.50. The lowest BCUT2D eigenvalue weighted by Crippen LogP contribution is -2.35. The van der Waals surface area contributed by atoms with Gasteiger partial charge in [-0.15, -0.1) is 0 Å². The van der Waals surface area contributed by atoms with Gasteiger partial charge in [-0.05, 0) is 24.0 Å². The molecule has 19 heavy (non-hydrogen) atoms. The molecule has 2 rings (SSSR count). The minimum Gasteiger partial charge on any atom is -0.326 e. The molecule has 4 nitrogen and oxygen atoms in total. The van der Waals surface area contributed by atoms with Gasteiger partial charge in [-0.3, -0.25) is 0 Å². The van der Waals surface area contributed by atoms with Crippen LogP contribution in [0.4, 0.5) is 0 Å². The molecule has 1 aromatic carbocycles. The van der Waals surface area contributed by atoms with E-state index in [0.717, 1.165) is 43.2 Å². The van der Waals surface area contributed by atoms with Gasteiger partial charge >= 0.3 is 0 Å². The van der Waals surface area contributed by atoms with Crippen molar-refractivity contribution in [3.05, 3.63) is 35.4 Å². The van der Waals surface area contributed by atoms with Gasteiger partial charge in [0.2, 0.25) is 10.0 Å². The van der Waals surface area contributed by atoms with Crippen molar-refractivity contribution in [2.24, 2.45) is 5.73 Å². The van der Waals surface area contributed by atoms with Gasteiger partial charge < -0.3 is 5.73 Å². The Morgan fingerprint density at radius 3 is 2.37 bits per heavy atom. The van der Waals surface area contributed by atoms with Gasteiger partial charge in [0.05, 0.1) is 5.25 Å². The molecule has 1 aromatic rings. The summed E-state index contributed by atoms with van der Waals surface area (Å²) in [5.74, 6) is 0. The van der Waals surface area contributed by atoms with Crippen LogP contribution in [0.5, 0.6) is 0 Å². The highest BCUT2D eigenvalue weighted by atomic mass is 32.2. The molecule has 1 fully saturated rings. The Hall–Kier alpha value is -0.910. The summed E-state index contributed by atoms with van der Waals surface area (Å²) in [6, 6.07) is 7.68. The van der Waals surface area contributed by atoms with Gasteiger partial charge in [-0.2, -0.15) is 0 Å². The van der Waals surface area contributed by atoms with E-state index < -0.39 is 10.0 Å². The lowest BCUT2D eigenvalue weighted by Gasteiger charge is -2.22. The van der Waals surface area contributed by atoms with Crippen LogP contribution < -0.4 is 10.5 Å². The van der Waals surface area contributed by atoms with Crippen molar-refractivity contribution in [1.82, 2.24) is 4.72 Å². The van der Waals surface area contributed by atoms with E-state index >= 15 is 0 Å². The minimum atomic E-state index is -3.20. The van der Waals surface area contributed by atoms with Crippen molar-refractivity contribution < 1.29 is 8.42 Å². The first-order chi connectivity index (χ1) is 9.13. The average molecular weight is 282 g/mol. The third kappa shape index (κ3) is 3.78. The molecule has 0 saturated heterocycles. The maximum absolute atomic E-state index is 12.2. The first kappa shape index (κ1) is 14.5. The Balaban J connectivity index is 2.00. The van der Waals surface area contributed by atoms with Crippen LogP contribution in [0.25, 0.3) is 0 Å². The van der Waals surface area contributed by atoms with Crippen LogP contribution >= 0.6 is 0 Å². The van der Waals surface area contributed by atoms with Gasteiger partial charge in [-0.25, -0.2) is 13.1 Å². The topological polar surface area (TPSA) is 72.2 Å². The molecule has 0 heterocycles. The van der Waals surface area contributed by atoms with Crippen LogP contribution in [0, 0.1) is 0 Å². The van der Waals surface area contributed by atoms with Crippen LogP contribution in [0.1, 0.15) is 43.2 Å². The fourth-order valence-electron chi connectivity index (χ4n) is 2.60. The SMILES string of the molecule is NCc1ccccc1CNS(=O)(=O)C1CCCCC1. The molecule has 0 radical (unpaired) electrons. The molecule has 1 aliphatic carbocycles. The third-order valence-electron chi connectivity index (χ3n) is 3.79. The zero-order valence-corrected chi connectivity index (χ0v) is 12.0. The Morgan fingerprint density at radius 2 is 1.74 bits per heavy atom. The van der Waals surface area contributed by atoms with Crippen molar-refractivity contribution in [2.45, 2.75) is 50.4 Å². The molecule has 1 saturated carbocycles. The Kier molecular flexibility index (Phi) is 4.96. The monoisotopic (exact) mass is 282 g/mol. The highest BCUT2D eigenvalue weighted by Gasteiger charge is 2.26. The van der Waals surface area contributed by atoms with E-state index in [1.165, 1.54) is 0 Å². The van der Waals surface area contributed by atoms with Crippen molar-refractivity contribution in [1.29, 1.82) is 0 Å². The number of hydrogen-bond acceptors (Lipinski definition) is 3. The van der Waals surface area contributed by atoms with E-state index in [0.29, 0.717) is 13.1 Å². The fraction of sp³-hybridized carbons (Fsp3) is 0.571. The van der Waals surface area contributed by atoms with Crippen molar-refractivity contribution >= 4 is 10.0 Å². The molecule has 5 heteroatoms. The van der Waals surface area contributed by atoms with Crippen molar-refractivity contribution in [3.8, 4) is 0 Å². The maximum Gasteiger partial charge on any atom is 0.214 e. The summed E-state index contributed by atoms with van der Waals surface area (Å²) in [7, 11) is -3.20. The highest BCUT2D eigenvalue weighted by molar-refractivity contribution is 7.90. The quantitative estimate of drug-likeness (QED) is 0.866. The molecule has 0 aromatic heterocycles. The van der Waals surface area contributed by atoms with Crippen LogP contribution in [-0.2, 0) is 23.1 Å². The van der Waals surface area contributed by atoms with E-state index in [9.17, 15) is 8.42 Å². The number of nitrogens with two attached hydrogens (primary N) is 1. The van der Waals surface area contributed by atoms with Gasteiger partial charge in [-0.1, -0.05) is 43.5 Å². The van der Waals surface area contributed by atoms with Crippen LogP contribution in [0.2, 0.25) is 0 Å². The van der Waals surface area contributed by atoms with Crippen LogP contribution in [0.15, 0.2) is 24.3 Å². The Morgan fingerprint density at radius 1 is 1.11 bits per heavy atom. The minimum absolute atomic E-state index is 0.216. The molecular formula is C14H22N2O2S. The molecule has 0 bridgehead atoms. The molecule has 0 atom stereocenters. The van der Waals surface area contributed by atoms with E-state index in [4.69, 9.17) is 5.73 Å². The standard InChI is InChI=1S/C14H22N2O2S/c15-10-12-6-4-5-7-13(12)11-16-19(17,18)14-8-2-1-3-9-14/h4-7,14,16H,1-3,8-11,15H2. The molecule has 0 aliphatic heterocycles. The normalized spacial score (nSPS) is 17.5. The lowest BCUT2D eigenvalue weighted by molar-refractivity contribution is 0.477. The van der Waals surface area contributed by atoms with E-state index in [1.54, 1.807) is 0 Å². The zero-order chi connectivity index (χ0) is 13.7. The molecule has 1 aliphatic rings. The Labute approximate surface area is 115 Å². The summed E-state index contributed by atoms with van der Waals surface area (Å²) in [5.41, 5.74) is 7.61. The second-order valence-electron chi connectivity index (χ2n) is 5.10. The molecule has 0 unspecified atom stereocenters. The maximum atomic E-state index is 12.2. The highest BCUT2D eigenvalue weighted by Crippen LogP contribution is 2.23. The summed E-state index contributed by atoms with van der Waals surface area (Å²) in [5, 5.41) is -0.216. The molecule has 0 amide bonds. The average Bonchev–Trinajstić information content (AvgIpc) is 2.46. The fourth-order valence-corrected chi connectivity index (χ4v) is 4.15. The van der Waals surface area contributed by atoms with Crippen LogP contribution in [0.3, 0.4) is 0 Å². The summed E-state index contributed by atoms with van der Waals surface area (Å²) < 4.78 is 27.2. The zero-order valence-electron chi connectivity index (χ0n) is 11.1. The van der Waals surface area contributed by atoms with Gasteiger partial charge in [0.25, 0.3) is 0 Å². The van der Waals surface area contributed by atoms with Crippen molar-refractivity contribution in [2.75, 3.05) is 0 Å². The molecular weight excluding hydrogens is 260 g/mol. The largest absolute Gasteiger partial charge is 0.326 e. The summed E-state index contributed by atoms with van der Waals surface area (Å²) in [6.07, 6.45) is 4.76. The number of nitrogens with one attached hydrogen (secondary N) is 1. The van der Waals surface area contributed by atoms with E-state index in [-0.39, 0.29) is 5.25 Å². The molecule has 106 valence electrons. The van der Waals surface area contributed by atoms with Gasteiger partial charge in [0, 0.05) is 13.1 Å². The van der Waals surface area contributed by atoms with Crippen LogP contribution in [-0.4, -0.2) is 13.7 Å². The predicted octanol–water partition coefficient (Wildman–Crippen LogP) is 1.90. The number of benzene rings is 1. The number of rotatable bonds is 5. The lowest BCUT2D eigenvalue weighted by atomic mass is 10.0. The van der Waals surface area contributed by atoms with E-state index in [1.807, 2.05) is 24.3 Å². The summed E-state index contributed by atoms with van der Waals surface area (Å²) in [6.45, 7) is 0.771. The second-order valence-corrected chi connectivity index (χ2v) is 7.14. The number of hydrogen-bond donors (Lipinski definition) is 2. The predicted molar refractivity (Wildman–Crippen MR) is 77.0 cm³/mol.